The maximum Gasteiger partial charge on any atom is 0.408 e. The van der Waals surface area contributed by atoms with Crippen LogP contribution in [0.15, 0.2) is 54.9 Å². The van der Waals surface area contributed by atoms with E-state index in [4.69, 9.17) is 0 Å². The number of urea groups is 1. The van der Waals surface area contributed by atoms with E-state index in [0.29, 0.717) is 20.9 Å². The molecule has 2 unspecified atom stereocenters. The minimum atomic E-state index is -4.80. The summed E-state index contributed by atoms with van der Waals surface area (Å²) < 4.78 is 55.9. The topological polar surface area (TPSA) is 108 Å². The second kappa shape index (κ2) is 9.73. The fourth-order valence-corrected chi connectivity index (χ4v) is 5.21. The average molecular weight is 560 g/mol. The van der Waals surface area contributed by atoms with Gasteiger partial charge in [-0.05, 0) is 47.4 Å². The van der Waals surface area contributed by atoms with Gasteiger partial charge in [0.25, 0.3) is 5.91 Å². The minimum Gasteiger partial charge on any atom is -0.388 e. The van der Waals surface area contributed by atoms with Crippen LogP contribution in [-0.4, -0.2) is 61.3 Å². The van der Waals surface area contributed by atoms with Crippen molar-refractivity contribution in [2.75, 3.05) is 6.54 Å². The molecular weight excluding hydrogens is 534 g/mol. The van der Waals surface area contributed by atoms with Gasteiger partial charge >= 0.3 is 12.2 Å². The Bertz CT molecular complexity index is 1490. The number of amides is 4. The first-order valence-electron chi connectivity index (χ1n) is 12.4. The Morgan fingerprint density at radius 3 is 2.52 bits per heavy atom. The highest BCUT2D eigenvalue weighted by atomic mass is 19.4. The number of carbonyl (C=O) groups is 3. The SMILES string of the molecule is C[C@H](N(Cc1ccc(F)cc1)C(=O)CN1C(=O)NC2(CC(O)c3cc(-c4cnn(C)c4)ccc32)C1=O)C(F)(F)F. The molecule has 3 aromatic rings. The molecule has 0 radical (unpaired) electrons. The second-order valence-corrected chi connectivity index (χ2v) is 10.0. The van der Waals surface area contributed by atoms with Gasteiger partial charge in [-0.25, -0.2) is 9.18 Å². The van der Waals surface area contributed by atoms with Crippen LogP contribution >= 0.6 is 0 Å². The van der Waals surface area contributed by atoms with Crippen molar-refractivity contribution in [3.8, 4) is 11.1 Å². The summed E-state index contributed by atoms with van der Waals surface area (Å²) in [5.41, 5.74) is 0.810. The molecule has 9 nitrogen and oxygen atoms in total. The number of alkyl halides is 3. The summed E-state index contributed by atoms with van der Waals surface area (Å²) in [5.74, 6) is -2.57. The highest BCUT2D eigenvalue weighted by molar-refractivity contribution is 6.10. The van der Waals surface area contributed by atoms with Gasteiger partial charge in [-0.2, -0.15) is 18.3 Å². The third-order valence-electron chi connectivity index (χ3n) is 7.40. The van der Waals surface area contributed by atoms with E-state index in [-0.39, 0.29) is 12.0 Å². The molecule has 13 heteroatoms. The molecule has 1 saturated heterocycles. The first-order valence-corrected chi connectivity index (χ1v) is 12.4. The number of aliphatic hydroxyl groups excluding tert-OH is 1. The zero-order chi connectivity index (χ0) is 29.0. The number of hydrogen-bond acceptors (Lipinski definition) is 5. The summed E-state index contributed by atoms with van der Waals surface area (Å²) in [5, 5.41) is 17.5. The van der Waals surface area contributed by atoms with Crippen LogP contribution in [0.1, 0.15) is 36.1 Å². The van der Waals surface area contributed by atoms with Crippen molar-refractivity contribution >= 4 is 17.8 Å². The van der Waals surface area contributed by atoms with Crippen molar-refractivity contribution in [1.82, 2.24) is 24.9 Å². The van der Waals surface area contributed by atoms with Gasteiger partial charge in [-0.3, -0.25) is 19.2 Å². The molecule has 2 heterocycles. The van der Waals surface area contributed by atoms with Crippen LogP contribution in [0.2, 0.25) is 0 Å². The van der Waals surface area contributed by atoms with Gasteiger partial charge in [0.15, 0.2) is 0 Å². The third kappa shape index (κ3) is 4.70. The highest BCUT2D eigenvalue weighted by Gasteiger charge is 2.58. The largest absolute Gasteiger partial charge is 0.408 e. The molecule has 5 rings (SSSR count). The summed E-state index contributed by atoms with van der Waals surface area (Å²) in [6.07, 6.45) is -2.71. The van der Waals surface area contributed by atoms with Gasteiger partial charge < -0.3 is 15.3 Å². The summed E-state index contributed by atoms with van der Waals surface area (Å²) in [6, 6.07) is 6.39. The Labute approximate surface area is 226 Å². The highest BCUT2D eigenvalue weighted by Crippen LogP contribution is 2.47. The predicted octanol–water partition coefficient (Wildman–Crippen LogP) is 3.39. The van der Waals surface area contributed by atoms with Crippen molar-refractivity contribution in [1.29, 1.82) is 0 Å². The predicted molar refractivity (Wildman–Crippen MR) is 133 cm³/mol. The molecule has 210 valence electrons. The maximum atomic E-state index is 13.7. The summed E-state index contributed by atoms with van der Waals surface area (Å²) in [6.45, 7) is -0.682. The van der Waals surface area contributed by atoms with E-state index in [1.165, 1.54) is 12.1 Å². The first kappa shape index (κ1) is 27.3. The van der Waals surface area contributed by atoms with E-state index < -0.39 is 60.6 Å². The molecule has 0 bridgehead atoms. The number of rotatable bonds is 6. The van der Waals surface area contributed by atoms with Crippen LogP contribution in [0.25, 0.3) is 11.1 Å². The van der Waals surface area contributed by atoms with Gasteiger partial charge in [-0.15, -0.1) is 0 Å². The smallest absolute Gasteiger partial charge is 0.388 e. The standard InChI is InChI=1S/C27H25F4N5O4/c1-15(27(29,30)31)35(12-16-3-6-19(28)7-4-16)23(38)14-36-24(39)26(33-25(36)40)10-22(37)20-9-17(5-8-21(20)26)18-11-32-34(2)13-18/h3-9,11,13,15,22,37H,10,12,14H2,1-2H3,(H,33,40)/t15-,22?,26?/m0/s1. The fourth-order valence-electron chi connectivity index (χ4n) is 5.21. The number of nitrogens with one attached hydrogen (secondary N) is 1. The Morgan fingerprint density at radius 1 is 1.20 bits per heavy atom. The van der Waals surface area contributed by atoms with E-state index in [2.05, 4.69) is 10.4 Å². The van der Waals surface area contributed by atoms with Crippen molar-refractivity contribution in [3.05, 3.63) is 77.4 Å². The van der Waals surface area contributed by atoms with Crippen molar-refractivity contribution in [2.24, 2.45) is 7.05 Å². The molecule has 2 aromatic carbocycles. The summed E-state index contributed by atoms with van der Waals surface area (Å²) in [4.78, 5) is 40.8. The Hall–Kier alpha value is -4.26. The average Bonchev–Trinajstić information content (AvgIpc) is 3.52. The molecule has 2 N–H and O–H groups in total. The number of hydrogen-bond donors (Lipinski definition) is 2. The number of halogens is 4. The number of nitrogens with zero attached hydrogens (tertiary/aromatic N) is 4. The van der Waals surface area contributed by atoms with Gasteiger partial charge in [0.1, 0.15) is 23.9 Å². The lowest BCUT2D eigenvalue weighted by Gasteiger charge is -2.32. The van der Waals surface area contributed by atoms with E-state index in [9.17, 15) is 37.1 Å². The van der Waals surface area contributed by atoms with Gasteiger partial charge in [0.05, 0.1) is 12.3 Å². The van der Waals surface area contributed by atoms with Crippen LogP contribution in [0.4, 0.5) is 22.4 Å². The molecule has 1 aliphatic carbocycles. The van der Waals surface area contributed by atoms with Gasteiger partial charge in [-0.1, -0.05) is 24.3 Å². The molecule has 1 spiro atoms. The molecule has 4 amide bonds. The van der Waals surface area contributed by atoms with Crippen molar-refractivity contribution < 1.29 is 37.1 Å². The molecule has 1 fully saturated rings. The van der Waals surface area contributed by atoms with Crippen LogP contribution in [0, 0.1) is 5.82 Å². The fraction of sp³-hybridized carbons (Fsp3) is 0.333. The number of fused-ring (bicyclic) bond motifs is 2. The summed E-state index contributed by atoms with van der Waals surface area (Å²) in [7, 11) is 1.75. The lowest BCUT2D eigenvalue weighted by Crippen LogP contribution is -2.51. The zero-order valence-electron chi connectivity index (χ0n) is 21.4. The molecule has 1 aliphatic heterocycles. The Morgan fingerprint density at radius 2 is 1.90 bits per heavy atom. The van der Waals surface area contributed by atoms with Gasteiger partial charge in [0, 0.05) is 31.8 Å². The lowest BCUT2D eigenvalue weighted by atomic mass is 9.90. The molecule has 2 aliphatic rings. The molecule has 3 atom stereocenters. The van der Waals surface area contributed by atoms with Crippen molar-refractivity contribution in [3.63, 3.8) is 0 Å². The lowest BCUT2D eigenvalue weighted by molar-refractivity contribution is -0.187. The van der Waals surface area contributed by atoms with E-state index >= 15 is 0 Å². The van der Waals surface area contributed by atoms with E-state index in [1.807, 2.05) is 0 Å². The number of imide groups is 1. The zero-order valence-corrected chi connectivity index (χ0v) is 21.4. The second-order valence-electron chi connectivity index (χ2n) is 10.0. The Balaban J connectivity index is 1.41. The number of aliphatic hydroxyl groups is 1. The molecule has 0 saturated carbocycles. The van der Waals surface area contributed by atoms with Crippen LogP contribution in [0.5, 0.6) is 0 Å². The summed E-state index contributed by atoms with van der Waals surface area (Å²) >= 11 is 0. The van der Waals surface area contributed by atoms with Crippen LogP contribution < -0.4 is 5.32 Å². The van der Waals surface area contributed by atoms with Crippen LogP contribution in [-0.2, 0) is 28.7 Å². The number of aryl methyl sites for hydroxylation is 1. The van der Waals surface area contributed by atoms with E-state index in [0.717, 1.165) is 30.2 Å². The Kier molecular flexibility index (Phi) is 6.65. The third-order valence-corrected chi connectivity index (χ3v) is 7.40. The monoisotopic (exact) mass is 559 g/mol. The number of aromatic nitrogens is 2. The normalized spacial score (nSPS) is 21.1. The number of benzene rings is 2. The van der Waals surface area contributed by atoms with Crippen molar-refractivity contribution in [2.45, 2.75) is 43.8 Å². The van der Waals surface area contributed by atoms with E-state index in [1.54, 1.807) is 42.3 Å². The van der Waals surface area contributed by atoms with Gasteiger partial charge in [0.2, 0.25) is 5.91 Å². The van der Waals surface area contributed by atoms with Crippen LogP contribution in [0.3, 0.4) is 0 Å². The molecule has 40 heavy (non-hydrogen) atoms. The quantitative estimate of drug-likeness (QED) is 0.356. The first-order chi connectivity index (χ1) is 18.8. The number of carbonyl (C=O) groups excluding carboxylic acids is 3. The maximum absolute atomic E-state index is 13.7. The molecular formula is C27H25F4N5O4. The molecule has 1 aromatic heterocycles. The minimum absolute atomic E-state index is 0.202.